The highest BCUT2D eigenvalue weighted by atomic mass is 16.7. The van der Waals surface area contributed by atoms with Crippen molar-refractivity contribution in [1.29, 1.82) is 0 Å². The second kappa shape index (κ2) is 14.8. The van der Waals surface area contributed by atoms with E-state index in [0.717, 1.165) is 6.42 Å². The minimum atomic E-state index is -0.772. The molecule has 0 aromatic carbocycles. The summed E-state index contributed by atoms with van der Waals surface area (Å²) in [5, 5.41) is 0. The Morgan fingerprint density at radius 2 is 0.875 bits per heavy atom. The van der Waals surface area contributed by atoms with E-state index in [-0.39, 0.29) is 39.6 Å². The molecule has 0 aliphatic carbocycles. The molecule has 0 aliphatic rings. The third kappa shape index (κ3) is 14.7. The number of ether oxygens (including phenoxy) is 6. The summed E-state index contributed by atoms with van der Waals surface area (Å²) in [5.41, 5.74) is -1.54. The van der Waals surface area contributed by atoms with Crippen molar-refractivity contribution in [1.82, 2.24) is 0 Å². The van der Waals surface area contributed by atoms with Gasteiger partial charge in [0.25, 0.3) is 0 Å². The zero-order chi connectivity index (χ0) is 24.8. The van der Waals surface area contributed by atoms with E-state index in [9.17, 15) is 19.2 Å². The van der Waals surface area contributed by atoms with Crippen molar-refractivity contribution < 1.29 is 47.6 Å². The first-order valence-electron chi connectivity index (χ1n) is 10.6. The lowest BCUT2D eigenvalue weighted by molar-refractivity contribution is -0.197. The SMILES string of the molecule is CCCC(OCC(C)(COC(C)=O)COC(C)=O)OCC(C)(COC(C)=O)COC(C)=O. The maximum atomic E-state index is 11.2. The summed E-state index contributed by atoms with van der Waals surface area (Å²) in [6.45, 7) is 10.9. The van der Waals surface area contributed by atoms with E-state index < -0.39 is 41.0 Å². The molecule has 0 aliphatic heterocycles. The van der Waals surface area contributed by atoms with Gasteiger partial charge in [0.15, 0.2) is 6.29 Å². The van der Waals surface area contributed by atoms with E-state index in [2.05, 4.69) is 0 Å². The van der Waals surface area contributed by atoms with Crippen molar-refractivity contribution in [3.63, 3.8) is 0 Å². The van der Waals surface area contributed by atoms with Crippen LogP contribution in [-0.4, -0.2) is 69.8 Å². The molecule has 0 aromatic rings. The summed E-state index contributed by atoms with van der Waals surface area (Å²) in [4.78, 5) is 44.9. The van der Waals surface area contributed by atoms with Gasteiger partial charge < -0.3 is 28.4 Å². The average molecular weight is 463 g/mol. The van der Waals surface area contributed by atoms with Crippen LogP contribution in [0.2, 0.25) is 0 Å². The first-order chi connectivity index (χ1) is 14.8. The molecule has 0 bridgehead atoms. The molecule has 10 heteroatoms. The number of carbonyl (C=O) groups is 4. The summed E-state index contributed by atoms with van der Waals surface area (Å²) in [6, 6.07) is 0. The van der Waals surface area contributed by atoms with Gasteiger partial charge in [0.05, 0.1) is 24.0 Å². The molecule has 0 aromatic heterocycles. The van der Waals surface area contributed by atoms with Gasteiger partial charge in [-0.1, -0.05) is 27.2 Å². The number of carbonyl (C=O) groups excluding carboxylic acids is 4. The highest BCUT2D eigenvalue weighted by Gasteiger charge is 2.32. The molecule has 32 heavy (non-hydrogen) atoms. The molecule has 186 valence electrons. The largest absolute Gasteiger partial charge is 0.465 e. The molecule has 0 radical (unpaired) electrons. The Bertz CT molecular complexity index is 530. The van der Waals surface area contributed by atoms with Crippen molar-refractivity contribution in [2.75, 3.05) is 39.6 Å². The molecular weight excluding hydrogens is 424 g/mol. The van der Waals surface area contributed by atoms with Gasteiger partial charge in [0, 0.05) is 27.7 Å². The standard InChI is InChI=1S/C22H38O10/c1-8-9-20(31-14-21(6,10-27-16(2)23)11-28-17(3)24)32-15-22(7,12-29-18(4)25)13-30-19(5)26/h20H,8-15H2,1-7H3. The van der Waals surface area contributed by atoms with Crippen molar-refractivity contribution in [3.8, 4) is 0 Å². The first-order valence-corrected chi connectivity index (χ1v) is 10.6. The molecule has 0 spiro atoms. The molecule has 0 saturated heterocycles. The molecule has 0 heterocycles. The first kappa shape index (κ1) is 29.8. The van der Waals surface area contributed by atoms with Gasteiger partial charge in [-0.3, -0.25) is 19.2 Å². The topological polar surface area (TPSA) is 124 Å². The lowest BCUT2D eigenvalue weighted by Gasteiger charge is -2.32. The summed E-state index contributed by atoms with van der Waals surface area (Å²) in [5.74, 6) is -1.81. The number of esters is 4. The van der Waals surface area contributed by atoms with Crippen LogP contribution in [0, 0.1) is 10.8 Å². The second-order valence-electron chi connectivity index (χ2n) is 8.58. The lowest BCUT2D eigenvalue weighted by atomic mass is 9.94. The third-order valence-electron chi connectivity index (χ3n) is 4.26. The third-order valence-corrected chi connectivity index (χ3v) is 4.26. The van der Waals surface area contributed by atoms with Gasteiger partial charge in [0.1, 0.15) is 26.4 Å². The molecule has 10 nitrogen and oxygen atoms in total. The van der Waals surface area contributed by atoms with E-state index in [1.807, 2.05) is 6.92 Å². The van der Waals surface area contributed by atoms with Crippen LogP contribution < -0.4 is 0 Å². The zero-order valence-electron chi connectivity index (χ0n) is 20.3. The highest BCUT2D eigenvalue weighted by molar-refractivity contribution is 5.67. The number of hydrogen-bond acceptors (Lipinski definition) is 10. The Kier molecular flexibility index (Phi) is 13.8. The second-order valence-corrected chi connectivity index (χ2v) is 8.58. The Labute approximate surface area is 190 Å². The van der Waals surface area contributed by atoms with Gasteiger partial charge in [-0.25, -0.2) is 0 Å². The maximum Gasteiger partial charge on any atom is 0.302 e. The number of rotatable bonds is 16. The summed E-state index contributed by atoms with van der Waals surface area (Å²) >= 11 is 0. The van der Waals surface area contributed by atoms with Gasteiger partial charge in [0.2, 0.25) is 0 Å². The molecule has 0 amide bonds. The van der Waals surface area contributed by atoms with Crippen LogP contribution >= 0.6 is 0 Å². The summed E-state index contributed by atoms with van der Waals surface area (Å²) < 4.78 is 32.3. The Hall–Kier alpha value is -2.20. The zero-order valence-corrected chi connectivity index (χ0v) is 20.3. The van der Waals surface area contributed by atoms with Crippen LogP contribution in [0.15, 0.2) is 0 Å². The van der Waals surface area contributed by atoms with Gasteiger partial charge in [-0.2, -0.15) is 0 Å². The smallest absolute Gasteiger partial charge is 0.302 e. The normalized spacial score (nSPS) is 11.8. The van der Waals surface area contributed by atoms with Crippen LogP contribution in [0.4, 0.5) is 0 Å². The van der Waals surface area contributed by atoms with Crippen molar-refractivity contribution >= 4 is 23.9 Å². The summed E-state index contributed by atoms with van der Waals surface area (Å²) in [7, 11) is 0. The predicted octanol–water partition coefficient (Wildman–Crippen LogP) is 2.41. The van der Waals surface area contributed by atoms with Gasteiger partial charge >= 0.3 is 23.9 Å². The number of hydrogen-bond donors (Lipinski definition) is 0. The Balaban J connectivity index is 5.13. The lowest BCUT2D eigenvalue weighted by Crippen LogP contribution is -2.40. The molecule has 0 rings (SSSR count). The quantitative estimate of drug-likeness (QED) is 0.192. The van der Waals surface area contributed by atoms with E-state index >= 15 is 0 Å². The molecule has 0 saturated carbocycles. The van der Waals surface area contributed by atoms with Crippen molar-refractivity contribution in [2.45, 2.75) is 67.6 Å². The van der Waals surface area contributed by atoms with Gasteiger partial charge in [-0.15, -0.1) is 0 Å². The Morgan fingerprint density at radius 3 is 1.09 bits per heavy atom. The average Bonchev–Trinajstić information content (AvgIpc) is 2.70. The van der Waals surface area contributed by atoms with E-state index in [1.165, 1.54) is 27.7 Å². The fraction of sp³-hybridized carbons (Fsp3) is 0.818. The van der Waals surface area contributed by atoms with Crippen molar-refractivity contribution in [3.05, 3.63) is 0 Å². The molecule has 0 fully saturated rings. The molecule has 0 unspecified atom stereocenters. The predicted molar refractivity (Wildman–Crippen MR) is 113 cm³/mol. The highest BCUT2D eigenvalue weighted by Crippen LogP contribution is 2.24. The maximum absolute atomic E-state index is 11.2. The summed E-state index contributed by atoms with van der Waals surface area (Å²) in [6.07, 6.45) is 0.705. The molecule has 0 atom stereocenters. The van der Waals surface area contributed by atoms with E-state index in [4.69, 9.17) is 28.4 Å². The Morgan fingerprint density at radius 1 is 0.594 bits per heavy atom. The van der Waals surface area contributed by atoms with Crippen LogP contribution in [0.5, 0.6) is 0 Å². The molecule has 0 N–H and O–H groups in total. The van der Waals surface area contributed by atoms with Gasteiger partial charge in [-0.05, 0) is 6.42 Å². The fourth-order valence-corrected chi connectivity index (χ4v) is 2.39. The minimum Gasteiger partial charge on any atom is -0.465 e. The monoisotopic (exact) mass is 462 g/mol. The van der Waals surface area contributed by atoms with Crippen LogP contribution in [0.25, 0.3) is 0 Å². The fourth-order valence-electron chi connectivity index (χ4n) is 2.39. The molecular formula is C22H38O10. The van der Waals surface area contributed by atoms with Crippen molar-refractivity contribution in [2.24, 2.45) is 10.8 Å². The van der Waals surface area contributed by atoms with Crippen LogP contribution in [0.3, 0.4) is 0 Å². The van der Waals surface area contributed by atoms with E-state index in [1.54, 1.807) is 13.8 Å². The van der Waals surface area contributed by atoms with E-state index in [0.29, 0.717) is 6.42 Å². The minimum absolute atomic E-state index is 0.00504. The van der Waals surface area contributed by atoms with Crippen LogP contribution in [0.1, 0.15) is 61.3 Å². The van der Waals surface area contributed by atoms with Crippen LogP contribution in [-0.2, 0) is 47.6 Å².